The van der Waals surface area contributed by atoms with Gasteiger partial charge in [-0.25, -0.2) is 9.97 Å². The summed E-state index contributed by atoms with van der Waals surface area (Å²) in [7, 11) is 0. The molecule has 27 heavy (non-hydrogen) atoms. The van der Waals surface area contributed by atoms with Crippen LogP contribution >= 0.6 is 11.3 Å². The van der Waals surface area contributed by atoms with Gasteiger partial charge < -0.3 is 5.32 Å². The lowest BCUT2D eigenvalue weighted by Gasteiger charge is -2.11. The van der Waals surface area contributed by atoms with Crippen molar-refractivity contribution in [2.24, 2.45) is 5.92 Å². The Labute approximate surface area is 159 Å². The number of nitrogens with zero attached hydrogens (tertiary/aromatic N) is 4. The molecule has 0 saturated heterocycles. The maximum atomic E-state index is 12.0. The molecule has 0 atom stereocenters. The Balaban J connectivity index is 1.58. The smallest absolute Gasteiger partial charge is 0.229 e. The molecule has 3 aromatic heterocycles. The molecule has 8 heteroatoms. The van der Waals surface area contributed by atoms with Gasteiger partial charge in [-0.15, -0.1) is 0 Å². The molecule has 1 amide bonds. The highest BCUT2D eigenvalue weighted by molar-refractivity contribution is 7.22. The number of hydrogen-bond acceptors (Lipinski definition) is 5. The number of aromatic nitrogens is 5. The number of thiazole rings is 1. The Bertz CT molecular complexity index is 1150. The lowest BCUT2D eigenvalue weighted by Crippen LogP contribution is -2.12. The van der Waals surface area contributed by atoms with Crippen LogP contribution < -0.4 is 5.32 Å². The van der Waals surface area contributed by atoms with Crippen LogP contribution in [0.2, 0.25) is 0 Å². The van der Waals surface area contributed by atoms with Crippen LogP contribution in [0.4, 0.5) is 5.13 Å². The van der Waals surface area contributed by atoms with Gasteiger partial charge in [0.1, 0.15) is 11.0 Å². The molecule has 1 fully saturated rings. The first-order valence-corrected chi connectivity index (χ1v) is 9.68. The van der Waals surface area contributed by atoms with Gasteiger partial charge in [-0.1, -0.05) is 29.5 Å². The van der Waals surface area contributed by atoms with Crippen molar-refractivity contribution >= 4 is 32.7 Å². The summed E-state index contributed by atoms with van der Waals surface area (Å²) < 4.78 is 2.87. The van der Waals surface area contributed by atoms with Gasteiger partial charge in [0.05, 0.1) is 11.9 Å². The van der Waals surface area contributed by atoms with E-state index in [-0.39, 0.29) is 11.8 Å². The number of nitrogens with one attached hydrogen (secondary N) is 2. The first-order valence-electron chi connectivity index (χ1n) is 8.87. The van der Waals surface area contributed by atoms with Gasteiger partial charge in [0, 0.05) is 11.5 Å². The number of aryl methyl sites for hydroxylation is 2. The predicted molar refractivity (Wildman–Crippen MR) is 105 cm³/mol. The van der Waals surface area contributed by atoms with Gasteiger partial charge in [0.25, 0.3) is 0 Å². The van der Waals surface area contributed by atoms with Crippen molar-refractivity contribution in [3.63, 3.8) is 0 Å². The molecule has 1 saturated carbocycles. The average molecular weight is 378 g/mol. The van der Waals surface area contributed by atoms with Crippen LogP contribution in [0.1, 0.15) is 24.0 Å². The van der Waals surface area contributed by atoms with Crippen molar-refractivity contribution in [2.45, 2.75) is 26.7 Å². The van der Waals surface area contributed by atoms with Gasteiger partial charge in [-0.3, -0.25) is 14.5 Å². The minimum Gasteiger partial charge on any atom is -0.302 e. The third-order valence-electron chi connectivity index (χ3n) is 4.88. The van der Waals surface area contributed by atoms with E-state index < -0.39 is 0 Å². The summed E-state index contributed by atoms with van der Waals surface area (Å²) in [5.74, 6) is 0.943. The van der Waals surface area contributed by atoms with E-state index in [1.165, 1.54) is 22.5 Å². The number of carbonyl (C=O) groups is 1. The Morgan fingerprint density at radius 2 is 2.07 bits per heavy atom. The molecule has 5 rings (SSSR count). The van der Waals surface area contributed by atoms with Crippen molar-refractivity contribution in [3.05, 3.63) is 41.9 Å². The highest BCUT2D eigenvalue weighted by Gasteiger charge is 2.30. The zero-order valence-electron chi connectivity index (χ0n) is 15.0. The summed E-state index contributed by atoms with van der Waals surface area (Å²) in [5.41, 5.74) is 5.17. The van der Waals surface area contributed by atoms with Crippen molar-refractivity contribution in [1.29, 1.82) is 0 Å². The Morgan fingerprint density at radius 1 is 1.30 bits per heavy atom. The predicted octanol–water partition coefficient (Wildman–Crippen LogP) is 3.84. The summed E-state index contributed by atoms with van der Waals surface area (Å²) in [5, 5.41) is 10.9. The molecule has 0 spiro atoms. The number of carbonyl (C=O) groups excluding carboxylic acids is 1. The zero-order valence-corrected chi connectivity index (χ0v) is 15.8. The molecule has 136 valence electrons. The molecule has 2 N–H and O–H groups in total. The lowest BCUT2D eigenvalue weighted by molar-refractivity contribution is -0.117. The van der Waals surface area contributed by atoms with Crippen molar-refractivity contribution < 1.29 is 4.79 Å². The first kappa shape index (κ1) is 16.2. The molecular weight excluding hydrogens is 360 g/mol. The number of anilines is 1. The number of hydrogen-bond donors (Lipinski definition) is 2. The van der Waals surface area contributed by atoms with E-state index >= 15 is 0 Å². The Kier molecular flexibility index (Phi) is 3.61. The SMILES string of the molecule is Cc1cccc(C)c1-c1cncn1-c1n[nH]c2nc(NC(=O)C3CC3)sc12. The van der Waals surface area contributed by atoms with Gasteiger partial charge in [-0.05, 0) is 37.8 Å². The van der Waals surface area contributed by atoms with E-state index in [1.54, 1.807) is 6.33 Å². The van der Waals surface area contributed by atoms with Crippen molar-refractivity contribution in [1.82, 2.24) is 24.7 Å². The monoisotopic (exact) mass is 378 g/mol. The number of imidazole rings is 1. The standard InChI is InChI=1S/C19H18N6OS/c1-10-4-3-5-11(2)14(10)13-8-20-9-25(13)17-15-16(23-24-17)21-19(27-15)22-18(26)12-6-7-12/h3-5,8-9,12H,6-7H2,1-2H3,(H2,21,22,23,24,26). The molecule has 7 nitrogen and oxygen atoms in total. The number of amides is 1. The normalized spacial score (nSPS) is 14.0. The molecule has 0 radical (unpaired) electrons. The number of rotatable bonds is 4. The fourth-order valence-electron chi connectivity index (χ4n) is 3.34. The highest BCUT2D eigenvalue weighted by atomic mass is 32.1. The molecular formula is C19H18N6OS. The second kappa shape index (κ2) is 6.02. The molecule has 4 aromatic rings. The second-order valence-corrected chi connectivity index (χ2v) is 7.92. The fraction of sp³-hybridized carbons (Fsp3) is 0.263. The van der Waals surface area contributed by atoms with E-state index in [4.69, 9.17) is 0 Å². The number of benzene rings is 1. The average Bonchev–Trinajstić information content (AvgIpc) is 3.08. The number of aromatic amines is 1. The van der Waals surface area contributed by atoms with Gasteiger partial charge in [0.15, 0.2) is 16.6 Å². The van der Waals surface area contributed by atoms with E-state index in [0.717, 1.165) is 34.6 Å². The van der Waals surface area contributed by atoms with Gasteiger partial charge in [-0.2, -0.15) is 5.10 Å². The van der Waals surface area contributed by atoms with Crippen LogP contribution in [0.5, 0.6) is 0 Å². The van der Waals surface area contributed by atoms with Crippen LogP contribution in [-0.2, 0) is 4.79 Å². The summed E-state index contributed by atoms with van der Waals surface area (Å²) in [6, 6.07) is 6.25. The van der Waals surface area contributed by atoms with Crippen molar-refractivity contribution in [3.8, 4) is 17.1 Å². The maximum absolute atomic E-state index is 12.0. The van der Waals surface area contributed by atoms with Gasteiger partial charge in [0.2, 0.25) is 5.91 Å². The van der Waals surface area contributed by atoms with Crippen molar-refractivity contribution in [2.75, 3.05) is 5.32 Å². The summed E-state index contributed by atoms with van der Waals surface area (Å²) >= 11 is 1.43. The maximum Gasteiger partial charge on any atom is 0.229 e. The van der Waals surface area contributed by atoms with Crippen LogP contribution in [-0.4, -0.2) is 30.6 Å². The molecule has 0 unspecified atom stereocenters. The van der Waals surface area contributed by atoms with E-state index in [9.17, 15) is 4.79 Å². The summed E-state index contributed by atoms with van der Waals surface area (Å²) in [4.78, 5) is 20.8. The molecule has 0 bridgehead atoms. The van der Waals surface area contributed by atoms with Crippen LogP contribution in [0.25, 0.3) is 27.4 Å². The molecule has 3 heterocycles. The third kappa shape index (κ3) is 2.73. The molecule has 1 aliphatic rings. The minimum absolute atomic E-state index is 0.0553. The van der Waals surface area contributed by atoms with Crippen LogP contribution in [0.15, 0.2) is 30.7 Å². The summed E-state index contributed by atoms with van der Waals surface area (Å²) in [6.45, 7) is 4.19. The molecule has 1 aliphatic carbocycles. The molecule has 0 aliphatic heterocycles. The van der Waals surface area contributed by atoms with Crippen LogP contribution in [0, 0.1) is 19.8 Å². The largest absolute Gasteiger partial charge is 0.302 e. The van der Waals surface area contributed by atoms with E-state index in [2.05, 4.69) is 57.5 Å². The van der Waals surface area contributed by atoms with Crippen LogP contribution in [0.3, 0.4) is 0 Å². The quantitative estimate of drug-likeness (QED) is 0.565. The Hall–Kier alpha value is -3.00. The highest BCUT2D eigenvalue weighted by Crippen LogP contribution is 2.35. The Morgan fingerprint density at radius 3 is 2.81 bits per heavy atom. The minimum atomic E-state index is 0.0553. The van der Waals surface area contributed by atoms with Gasteiger partial charge >= 0.3 is 0 Å². The topological polar surface area (TPSA) is 88.5 Å². The second-order valence-electron chi connectivity index (χ2n) is 6.92. The lowest BCUT2D eigenvalue weighted by atomic mass is 10.0. The number of H-pyrrole nitrogens is 1. The summed E-state index contributed by atoms with van der Waals surface area (Å²) in [6.07, 6.45) is 5.55. The third-order valence-corrected chi connectivity index (χ3v) is 5.85. The zero-order chi connectivity index (χ0) is 18.5. The fourth-order valence-corrected chi connectivity index (χ4v) is 4.25. The van der Waals surface area contributed by atoms with E-state index in [1.807, 2.05) is 10.8 Å². The number of fused-ring (bicyclic) bond motifs is 1. The first-order chi connectivity index (χ1) is 13.1. The molecule has 1 aromatic carbocycles. The van der Waals surface area contributed by atoms with E-state index in [0.29, 0.717) is 10.8 Å².